The van der Waals surface area contributed by atoms with E-state index in [0.717, 1.165) is 24.1 Å². The molecule has 0 aliphatic carbocycles. The molecule has 0 fully saturated rings. The number of Topliss-reactive ketones (excluding diaryl/α,β-unsaturated/α-hetero) is 1. The fraction of sp³-hybridized carbons (Fsp3) is 0.533. The average Bonchev–Trinajstić information content (AvgIpc) is 2.38. The van der Waals surface area contributed by atoms with Gasteiger partial charge in [0.05, 0.1) is 12.7 Å². The Hall–Kier alpha value is -1.52. The number of alkyl halides is 3. The van der Waals surface area contributed by atoms with Crippen molar-refractivity contribution in [2.75, 3.05) is 7.11 Å². The molecule has 1 aromatic carbocycles. The van der Waals surface area contributed by atoms with Crippen LogP contribution >= 0.6 is 0 Å². The fourth-order valence-electron chi connectivity index (χ4n) is 2.18. The highest BCUT2D eigenvalue weighted by Crippen LogP contribution is 2.37. The lowest BCUT2D eigenvalue weighted by molar-refractivity contribution is -0.137. The van der Waals surface area contributed by atoms with Crippen LogP contribution in [-0.4, -0.2) is 12.9 Å². The molecule has 0 aromatic heterocycles. The van der Waals surface area contributed by atoms with E-state index in [1.54, 1.807) is 0 Å². The van der Waals surface area contributed by atoms with Crippen molar-refractivity contribution >= 4 is 5.78 Å². The van der Waals surface area contributed by atoms with Gasteiger partial charge in [0.1, 0.15) is 11.5 Å². The smallest absolute Gasteiger partial charge is 0.416 e. The molecule has 0 spiro atoms. The van der Waals surface area contributed by atoms with Crippen LogP contribution in [0.1, 0.15) is 50.2 Å². The van der Waals surface area contributed by atoms with Gasteiger partial charge in [-0.3, -0.25) is 0 Å². The van der Waals surface area contributed by atoms with Crippen molar-refractivity contribution in [1.82, 2.24) is 0 Å². The van der Waals surface area contributed by atoms with Gasteiger partial charge in [-0.05, 0) is 43.4 Å². The lowest BCUT2D eigenvalue weighted by Gasteiger charge is -2.19. The minimum atomic E-state index is -4.38. The highest BCUT2D eigenvalue weighted by Gasteiger charge is 2.31. The fourth-order valence-corrected chi connectivity index (χ4v) is 2.18. The molecule has 5 heteroatoms. The molecule has 0 saturated heterocycles. The van der Waals surface area contributed by atoms with Crippen molar-refractivity contribution in [3.05, 3.63) is 29.3 Å². The predicted molar refractivity (Wildman–Crippen MR) is 70.9 cm³/mol. The highest BCUT2D eigenvalue weighted by molar-refractivity contribution is 5.75. The Bertz CT molecular complexity index is 467. The van der Waals surface area contributed by atoms with Crippen molar-refractivity contribution in [3.8, 4) is 5.75 Å². The molecule has 20 heavy (non-hydrogen) atoms. The van der Waals surface area contributed by atoms with E-state index in [9.17, 15) is 18.0 Å². The summed E-state index contributed by atoms with van der Waals surface area (Å²) >= 11 is 0. The van der Waals surface area contributed by atoms with E-state index in [1.807, 2.05) is 6.92 Å². The first-order valence-electron chi connectivity index (χ1n) is 6.54. The number of hydrogen-bond acceptors (Lipinski definition) is 2. The number of methoxy groups -OCH3 is 1. The third kappa shape index (κ3) is 4.25. The van der Waals surface area contributed by atoms with Crippen LogP contribution in [-0.2, 0) is 11.0 Å². The normalized spacial score (nSPS) is 13.1. The number of ketones is 1. The van der Waals surface area contributed by atoms with Gasteiger partial charge in [0.25, 0.3) is 0 Å². The lowest BCUT2D eigenvalue weighted by atomic mass is 9.89. The van der Waals surface area contributed by atoms with E-state index in [2.05, 4.69) is 0 Å². The summed E-state index contributed by atoms with van der Waals surface area (Å²) in [5, 5.41) is 0. The maximum atomic E-state index is 12.7. The van der Waals surface area contributed by atoms with Crippen LogP contribution in [0.2, 0.25) is 0 Å². The van der Waals surface area contributed by atoms with Crippen LogP contribution in [0.4, 0.5) is 13.2 Å². The van der Waals surface area contributed by atoms with Gasteiger partial charge in [0, 0.05) is 6.42 Å². The monoisotopic (exact) mass is 288 g/mol. The SMILES string of the molecule is CCC(CCC(C)=O)c1ccc(C(F)(F)F)cc1OC. The van der Waals surface area contributed by atoms with Gasteiger partial charge in [0.2, 0.25) is 0 Å². The predicted octanol–water partition coefficient (Wildman–Crippen LogP) is 4.58. The largest absolute Gasteiger partial charge is 0.496 e. The van der Waals surface area contributed by atoms with Crippen molar-refractivity contribution in [2.24, 2.45) is 0 Å². The third-order valence-electron chi connectivity index (χ3n) is 3.34. The van der Waals surface area contributed by atoms with Gasteiger partial charge < -0.3 is 9.53 Å². The molecule has 0 radical (unpaired) electrons. The number of carbonyl (C=O) groups excluding carboxylic acids is 1. The number of ether oxygens (including phenoxy) is 1. The molecule has 0 aliphatic rings. The zero-order valence-corrected chi connectivity index (χ0v) is 11.9. The van der Waals surface area contributed by atoms with Gasteiger partial charge in [-0.2, -0.15) is 13.2 Å². The maximum absolute atomic E-state index is 12.7. The quantitative estimate of drug-likeness (QED) is 0.766. The summed E-state index contributed by atoms with van der Waals surface area (Å²) in [5.41, 5.74) is 0.00349. The van der Waals surface area contributed by atoms with Crippen molar-refractivity contribution < 1.29 is 22.7 Å². The molecule has 0 N–H and O–H groups in total. The first-order valence-corrected chi connectivity index (χ1v) is 6.54. The first kappa shape index (κ1) is 16.5. The topological polar surface area (TPSA) is 26.3 Å². The van der Waals surface area contributed by atoms with Crippen LogP contribution in [0.15, 0.2) is 18.2 Å². The minimum Gasteiger partial charge on any atom is -0.496 e. The Kier molecular flexibility index (Phi) is 5.60. The Morgan fingerprint density at radius 1 is 1.35 bits per heavy atom. The molecular weight excluding hydrogens is 269 g/mol. The van der Waals surface area contributed by atoms with Crippen LogP contribution in [0.25, 0.3) is 0 Å². The molecule has 112 valence electrons. The molecule has 1 rings (SSSR count). The number of carbonyl (C=O) groups is 1. The second kappa shape index (κ2) is 6.77. The maximum Gasteiger partial charge on any atom is 0.416 e. The lowest BCUT2D eigenvalue weighted by Crippen LogP contribution is -2.08. The molecule has 1 aromatic rings. The second-order valence-electron chi connectivity index (χ2n) is 4.80. The van der Waals surface area contributed by atoms with Crippen LogP contribution < -0.4 is 4.74 Å². The van der Waals surface area contributed by atoms with Crippen LogP contribution in [0, 0.1) is 0 Å². The van der Waals surface area contributed by atoms with E-state index in [1.165, 1.54) is 20.1 Å². The minimum absolute atomic E-state index is 0.0242. The van der Waals surface area contributed by atoms with Crippen molar-refractivity contribution in [3.63, 3.8) is 0 Å². The Labute approximate surface area is 116 Å². The number of rotatable bonds is 6. The zero-order chi connectivity index (χ0) is 15.3. The Balaban J connectivity index is 3.07. The van der Waals surface area contributed by atoms with E-state index < -0.39 is 11.7 Å². The van der Waals surface area contributed by atoms with Gasteiger partial charge >= 0.3 is 6.18 Å². The van der Waals surface area contributed by atoms with Crippen LogP contribution in [0.5, 0.6) is 5.75 Å². The summed E-state index contributed by atoms with van der Waals surface area (Å²) in [6, 6.07) is 3.54. The Morgan fingerprint density at radius 2 is 2.00 bits per heavy atom. The van der Waals surface area contributed by atoms with Gasteiger partial charge in [0.15, 0.2) is 0 Å². The standard InChI is InChI=1S/C15H19F3O2/c1-4-11(6-5-10(2)19)13-8-7-12(15(16,17)18)9-14(13)20-3/h7-9,11H,4-6H2,1-3H3. The molecule has 0 bridgehead atoms. The summed E-state index contributed by atoms with van der Waals surface area (Å²) in [7, 11) is 1.36. The summed E-state index contributed by atoms with van der Waals surface area (Å²) in [6.45, 7) is 3.46. The van der Waals surface area contributed by atoms with Gasteiger partial charge in [-0.15, -0.1) is 0 Å². The Morgan fingerprint density at radius 3 is 2.45 bits per heavy atom. The summed E-state index contributed by atoms with van der Waals surface area (Å²) < 4.78 is 43.1. The summed E-state index contributed by atoms with van der Waals surface area (Å²) in [4.78, 5) is 11.1. The second-order valence-corrected chi connectivity index (χ2v) is 4.80. The van der Waals surface area contributed by atoms with E-state index in [0.29, 0.717) is 12.8 Å². The number of hydrogen-bond donors (Lipinski definition) is 0. The average molecular weight is 288 g/mol. The highest BCUT2D eigenvalue weighted by atomic mass is 19.4. The molecule has 1 atom stereocenters. The molecular formula is C15H19F3O2. The number of benzene rings is 1. The van der Waals surface area contributed by atoms with Gasteiger partial charge in [-0.25, -0.2) is 0 Å². The molecule has 0 saturated carbocycles. The molecule has 0 aliphatic heterocycles. The van der Waals surface area contributed by atoms with E-state index in [4.69, 9.17) is 4.74 Å². The summed E-state index contributed by atoms with van der Waals surface area (Å²) in [5.74, 6) is 0.334. The zero-order valence-electron chi connectivity index (χ0n) is 11.9. The first-order chi connectivity index (χ1) is 9.29. The number of halogens is 3. The van der Waals surface area contributed by atoms with Crippen molar-refractivity contribution in [2.45, 2.75) is 45.2 Å². The molecule has 0 amide bonds. The van der Waals surface area contributed by atoms with Gasteiger partial charge in [-0.1, -0.05) is 13.0 Å². The molecule has 1 unspecified atom stereocenters. The van der Waals surface area contributed by atoms with Crippen LogP contribution in [0.3, 0.4) is 0 Å². The third-order valence-corrected chi connectivity index (χ3v) is 3.34. The van der Waals surface area contributed by atoms with Crippen molar-refractivity contribution in [1.29, 1.82) is 0 Å². The summed E-state index contributed by atoms with van der Waals surface area (Å²) in [6.07, 6.45) is -2.60. The van der Waals surface area contributed by atoms with E-state index >= 15 is 0 Å². The van der Waals surface area contributed by atoms with E-state index in [-0.39, 0.29) is 17.5 Å². The molecule has 0 heterocycles. The molecule has 2 nitrogen and oxygen atoms in total.